The number of halogens is 1. The lowest BCUT2D eigenvalue weighted by Gasteiger charge is -2.00. The number of rotatable bonds is 1. The van der Waals surface area contributed by atoms with E-state index in [0.717, 1.165) is 16.4 Å². The van der Waals surface area contributed by atoms with Gasteiger partial charge in [-0.3, -0.25) is 4.98 Å². The predicted molar refractivity (Wildman–Crippen MR) is 60.3 cm³/mol. The van der Waals surface area contributed by atoms with Gasteiger partial charge in [0, 0.05) is 5.69 Å². The summed E-state index contributed by atoms with van der Waals surface area (Å²) in [5.74, 6) is 0. The van der Waals surface area contributed by atoms with Crippen molar-refractivity contribution in [1.82, 2.24) is 14.3 Å². The van der Waals surface area contributed by atoms with Gasteiger partial charge in [0.15, 0.2) is 5.01 Å². The minimum atomic E-state index is 0.623. The van der Waals surface area contributed by atoms with Crippen LogP contribution in [0.5, 0.6) is 0 Å². The van der Waals surface area contributed by atoms with Gasteiger partial charge in [-0.2, -0.15) is 4.37 Å². The molecule has 2 aromatic rings. The normalized spacial score (nSPS) is 10.5. The van der Waals surface area contributed by atoms with Crippen molar-refractivity contribution in [3.63, 3.8) is 0 Å². The summed E-state index contributed by atoms with van der Waals surface area (Å²) in [6.45, 7) is 4.04. The number of aryl methyl sites for hydroxylation is 2. The Morgan fingerprint density at radius 1 is 1.21 bits per heavy atom. The van der Waals surface area contributed by atoms with Gasteiger partial charge < -0.3 is 0 Å². The molecule has 0 saturated heterocycles. The highest BCUT2D eigenvalue weighted by atomic mass is 79.9. The van der Waals surface area contributed by atoms with E-state index in [9.17, 15) is 0 Å². The summed E-state index contributed by atoms with van der Waals surface area (Å²) in [7, 11) is 0. The van der Waals surface area contributed by atoms with E-state index in [-0.39, 0.29) is 0 Å². The second kappa shape index (κ2) is 3.74. The SMILES string of the molecule is Cc1ccc(-c2nc(Br)ns2)nc1C. The Hall–Kier alpha value is -0.810. The van der Waals surface area contributed by atoms with E-state index >= 15 is 0 Å². The third-order valence-corrected chi connectivity index (χ3v) is 3.30. The number of nitrogens with zero attached hydrogens (tertiary/aromatic N) is 3. The first-order valence-electron chi connectivity index (χ1n) is 4.10. The summed E-state index contributed by atoms with van der Waals surface area (Å²) in [4.78, 5) is 8.66. The van der Waals surface area contributed by atoms with Crippen molar-refractivity contribution in [3.8, 4) is 10.7 Å². The number of aromatic nitrogens is 3. The third kappa shape index (κ3) is 1.83. The number of hydrogen-bond acceptors (Lipinski definition) is 4. The average Bonchev–Trinajstić information content (AvgIpc) is 2.57. The Morgan fingerprint density at radius 2 is 2.00 bits per heavy atom. The summed E-state index contributed by atoms with van der Waals surface area (Å²) in [6, 6.07) is 4.02. The van der Waals surface area contributed by atoms with Crippen LogP contribution < -0.4 is 0 Å². The summed E-state index contributed by atoms with van der Waals surface area (Å²) in [5, 5.41) is 0.847. The molecular weight excluding hydrogens is 262 g/mol. The Bertz CT molecular complexity index is 467. The lowest BCUT2D eigenvalue weighted by atomic mass is 10.2. The Morgan fingerprint density at radius 3 is 2.57 bits per heavy atom. The van der Waals surface area contributed by atoms with Gasteiger partial charge in [-0.1, -0.05) is 6.07 Å². The molecule has 2 heterocycles. The molecule has 0 unspecified atom stereocenters. The second-order valence-corrected chi connectivity index (χ2v) is 4.43. The molecular formula is C9H8BrN3S. The molecule has 0 spiro atoms. The van der Waals surface area contributed by atoms with Gasteiger partial charge >= 0.3 is 0 Å². The first-order valence-corrected chi connectivity index (χ1v) is 5.67. The molecule has 0 aliphatic heterocycles. The summed E-state index contributed by atoms with van der Waals surface area (Å²) < 4.78 is 4.68. The zero-order valence-corrected chi connectivity index (χ0v) is 10.2. The van der Waals surface area contributed by atoms with Gasteiger partial charge in [-0.05, 0) is 52.9 Å². The van der Waals surface area contributed by atoms with E-state index in [1.54, 1.807) is 0 Å². The van der Waals surface area contributed by atoms with Crippen LogP contribution in [0.3, 0.4) is 0 Å². The molecule has 0 bridgehead atoms. The lowest BCUT2D eigenvalue weighted by molar-refractivity contribution is 1.14. The fourth-order valence-corrected chi connectivity index (χ4v) is 2.11. The lowest BCUT2D eigenvalue weighted by Crippen LogP contribution is -1.89. The van der Waals surface area contributed by atoms with Crippen molar-refractivity contribution < 1.29 is 0 Å². The van der Waals surface area contributed by atoms with Crippen LogP contribution in [0.1, 0.15) is 11.3 Å². The van der Waals surface area contributed by atoms with Crippen LogP contribution >= 0.6 is 27.5 Å². The van der Waals surface area contributed by atoms with Crippen LogP contribution in [0.2, 0.25) is 0 Å². The van der Waals surface area contributed by atoms with E-state index in [1.165, 1.54) is 17.1 Å². The third-order valence-electron chi connectivity index (χ3n) is 1.97. The summed E-state index contributed by atoms with van der Waals surface area (Å²) in [6.07, 6.45) is 0. The van der Waals surface area contributed by atoms with E-state index < -0.39 is 0 Å². The molecule has 0 N–H and O–H groups in total. The topological polar surface area (TPSA) is 38.7 Å². The van der Waals surface area contributed by atoms with E-state index in [1.807, 2.05) is 26.0 Å². The van der Waals surface area contributed by atoms with Crippen molar-refractivity contribution in [1.29, 1.82) is 0 Å². The van der Waals surface area contributed by atoms with Gasteiger partial charge in [-0.25, -0.2) is 4.98 Å². The van der Waals surface area contributed by atoms with Crippen LogP contribution in [0, 0.1) is 13.8 Å². The molecule has 0 amide bonds. The minimum Gasteiger partial charge on any atom is -0.250 e. The van der Waals surface area contributed by atoms with Gasteiger partial charge in [0.25, 0.3) is 0 Å². The fraction of sp³-hybridized carbons (Fsp3) is 0.222. The molecule has 0 aromatic carbocycles. The van der Waals surface area contributed by atoms with Gasteiger partial charge in [0.05, 0.1) is 0 Å². The highest BCUT2D eigenvalue weighted by Gasteiger charge is 2.06. The van der Waals surface area contributed by atoms with Crippen molar-refractivity contribution >= 4 is 27.5 Å². The molecule has 2 aromatic heterocycles. The zero-order valence-electron chi connectivity index (χ0n) is 7.78. The standard InChI is InChI=1S/C9H8BrN3S/c1-5-3-4-7(11-6(5)2)8-12-9(10)13-14-8/h3-4H,1-2H3. The monoisotopic (exact) mass is 269 g/mol. The maximum atomic E-state index is 4.44. The van der Waals surface area contributed by atoms with Crippen molar-refractivity contribution in [2.75, 3.05) is 0 Å². The van der Waals surface area contributed by atoms with Gasteiger partial charge in [0.1, 0.15) is 5.69 Å². The molecule has 5 heteroatoms. The highest BCUT2D eigenvalue weighted by Crippen LogP contribution is 2.22. The summed E-state index contributed by atoms with van der Waals surface area (Å²) >= 11 is 4.57. The molecule has 0 saturated carbocycles. The highest BCUT2D eigenvalue weighted by molar-refractivity contribution is 9.10. The molecule has 0 fully saturated rings. The van der Waals surface area contributed by atoms with Gasteiger partial charge in [-0.15, -0.1) is 0 Å². The number of pyridine rings is 1. The largest absolute Gasteiger partial charge is 0.250 e. The first kappa shape index (κ1) is 9.73. The fourth-order valence-electron chi connectivity index (χ4n) is 1.06. The zero-order chi connectivity index (χ0) is 10.1. The maximum absolute atomic E-state index is 4.44. The Kier molecular flexibility index (Phi) is 2.60. The molecule has 0 atom stereocenters. The molecule has 0 aliphatic carbocycles. The quantitative estimate of drug-likeness (QED) is 0.799. The van der Waals surface area contributed by atoms with Crippen molar-refractivity contribution in [2.24, 2.45) is 0 Å². The molecule has 3 nitrogen and oxygen atoms in total. The minimum absolute atomic E-state index is 0.623. The molecule has 14 heavy (non-hydrogen) atoms. The molecule has 72 valence electrons. The average molecular weight is 270 g/mol. The summed E-state index contributed by atoms with van der Waals surface area (Å²) in [5.41, 5.74) is 3.11. The van der Waals surface area contributed by atoms with Crippen molar-refractivity contribution in [3.05, 3.63) is 28.1 Å². The maximum Gasteiger partial charge on any atom is 0.209 e. The van der Waals surface area contributed by atoms with Crippen LogP contribution in [0.15, 0.2) is 16.9 Å². The van der Waals surface area contributed by atoms with E-state index in [2.05, 4.69) is 30.3 Å². The number of hydrogen-bond donors (Lipinski definition) is 0. The van der Waals surface area contributed by atoms with Gasteiger partial charge in [0.2, 0.25) is 4.73 Å². The van der Waals surface area contributed by atoms with Crippen LogP contribution in [0.4, 0.5) is 0 Å². The van der Waals surface area contributed by atoms with E-state index in [0.29, 0.717) is 4.73 Å². The second-order valence-electron chi connectivity index (χ2n) is 2.97. The smallest absolute Gasteiger partial charge is 0.209 e. The molecule has 0 radical (unpaired) electrons. The first-order chi connectivity index (χ1) is 6.66. The molecule has 0 aliphatic rings. The van der Waals surface area contributed by atoms with Crippen LogP contribution in [-0.4, -0.2) is 14.3 Å². The predicted octanol–water partition coefficient (Wildman–Crippen LogP) is 2.98. The Labute approximate surface area is 94.5 Å². The van der Waals surface area contributed by atoms with Crippen molar-refractivity contribution in [2.45, 2.75) is 13.8 Å². The Balaban J connectivity index is 2.47. The molecule has 2 rings (SSSR count). The van der Waals surface area contributed by atoms with Crippen LogP contribution in [0.25, 0.3) is 10.7 Å². The van der Waals surface area contributed by atoms with Crippen LogP contribution in [-0.2, 0) is 0 Å². The van der Waals surface area contributed by atoms with E-state index in [4.69, 9.17) is 0 Å².